The number of ether oxygens (including phenoxy) is 1. The number of hydrogen-bond donors (Lipinski definition) is 3. The Morgan fingerprint density at radius 2 is 2.16 bits per heavy atom. The van der Waals surface area contributed by atoms with Crippen molar-refractivity contribution in [2.75, 3.05) is 6.61 Å². The van der Waals surface area contributed by atoms with Gasteiger partial charge in [-0.25, -0.2) is 4.98 Å². The molecule has 0 bridgehead atoms. The molecule has 1 aromatic carbocycles. The van der Waals surface area contributed by atoms with Crippen LogP contribution in [0.3, 0.4) is 0 Å². The van der Waals surface area contributed by atoms with Gasteiger partial charge in [-0.1, -0.05) is 12.1 Å². The maximum absolute atomic E-state index is 10.4. The lowest BCUT2D eigenvalue weighted by atomic mass is 9.96. The summed E-state index contributed by atoms with van der Waals surface area (Å²) >= 11 is 0. The number of nitrogens with zero attached hydrogens (tertiary/aromatic N) is 2. The summed E-state index contributed by atoms with van der Waals surface area (Å²) in [5.74, 6) is 0. The Labute approximate surface area is 109 Å². The summed E-state index contributed by atoms with van der Waals surface area (Å²) in [7, 11) is 0. The minimum atomic E-state index is -1.49. The Hall–Kier alpha value is -1.47. The van der Waals surface area contributed by atoms with Crippen molar-refractivity contribution in [3.63, 3.8) is 0 Å². The van der Waals surface area contributed by atoms with E-state index in [1.54, 1.807) is 10.9 Å². The first kappa shape index (κ1) is 12.6. The fraction of sp³-hybridized carbons (Fsp3) is 0.462. The third-order valence-electron chi connectivity index (χ3n) is 3.67. The SMILES string of the molecule is C[C@@]1(O)C(O)C(CO)OC1n1cnc2ccccc21. The maximum atomic E-state index is 10.4. The van der Waals surface area contributed by atoms with Crippen molar-refractivity contribution in [1.29, 1.82) is 0 Å². The molecule has 3 rings (SSSR count). The van der Waals surface area contributed by atoms with Gasteiger partial charge >= 0.3 is 0 Å². The average molecular weight is 264 g/mol. The third kappa shape index (κ3) is 1.76. The summed E-state index contributed by atoms with van der Waals surface area (Å²) in [5, 5.41) is 29.6. The van der Waals surface area contributed by atoms with Gasteiger partial charge in [0.1, 0.15) is 17.8 Å². The Kier molecular flexibility index (Phi) is 2.83. The minimum Gasteiger partial charge on any atom is -0.394 e. The van der Waals surface area contributed by atoms with Crippen LogP contribution in [0.1, 0.15) is 13.2 Å². The number of aromatic nitrogens is 2. The van der Waals surface area contributed by atoms with E-state index in [2.05, 4.69) is 4.98 Å². The smallest absolute Gasteiger partial charge is 0.167 e. The molecule has 2 aromatic rings. The molecule has 1 fully saturated rings. The molecule has 1 aliphatic heterocycles. The number of benzene rings is 1. The highest BCUT2D eigenvalue weighted by molar-refractivity contribution is 5.75. The summed E-state index contributed by atoms with van der Waals surface area (Å²) < 4.78 is 7.24. The molecular weight excluding hydrogens is 248 g/mol. The van der Waals surface area contributed by atoms with Crippen LogP contribution in [-0.4, -0.2) is 49.3 Å². The lowest BCUT2D eigenvalue weighted by Gasteiger charge is -2.27. The summed E-state index contributed by atoms with van der Waals surface area (Å²) in [6.45, 7) is 1.15. The van der Waals surface area contributed by atoms with Gasteiger partial charge in [0.15, 0.2) is 6.23 Å². The molecule has 0 aliphatic carbocycles. The molecule has 3 unspecified atom stereocenters. The Balaban J connectivity index is 2.07. The fourth-order valence-electron chi connectivity index (χ4n) is 2.56. The highest BCUT2D eigenvalue weighted by Gasteiger charge is 2.53. The van der Waals surface area contributed by atoms with Gasteiger partial charge in [0.25, 0.3) is 0 Å². The minimum absolute atomic E-state index is 0.347. The maximum Gasteiger partial charge on any atom is 0.167 e. The highest BCUT2D eigenvalue weighted by atomic mass is 16.6. The second-order valence-corrected chi connectivity index (χ2v) is 5.02. The average Bonchev–Trinajstić information content (AvgIpc) is 2.91. The van der Waals surface area contributed by atoms with Gasteiger partial charge in [0, 0.05) is 0 Å². The summed E-state index contributed by atoms with van der Waals surface area (Å²) in [5.41, 5.74) is 0.0963. The van der Waals surface area contributed by atoms with Crippen molar-refractivity contribution >= 4 is 11.0 Å². The summed E-state index contributed by atoms with van der Waals surface area (Å²) in [4.78, 5) is 4.23. The predicted octanol–water partition coefficient (Wildman–Crippen LogP) is 0.0379. The van der Waals surface area contributed by atoms with Crippen molar-refractivity contribution in [3.8, 4) is 0 Å². The van der Waals surface area contributed by atoms with Crippen LogP contribution in [0, 0.1) is 0 Å². The first-order valence-electron chi connectivity index (χ1n) is 6.14. The van der Waals surface area contributed by atoms with Gasteiger partial charge in [-0.3, -0.25) is 0 Å². The standard InChI is InChI=1S/C13H16N2O4/c1-13(18)11(17)10(6-16)19-12(13)15-7-14-8-4-2-3-5-9(8)15/h2-5,7,10-12,16-18H,6H2,1H3/t10?,11?,12?,13-/m1/s1. The Morgan fingerprint density at radius 3 is 2.84 bits per heavy atom. The van der Waals surface area contributed by atoms with E-state index in [9.17, 15) is 15.3 Å². The monoisotopic (exact) mass is 264 g/mol. The number of fused-ring (bicyclic) bond motifs is 1. The van der Waals surface area contributed by atoms with Crippen LogP contribution in [0.15, 0.2) is 30.6 Å². The molecule has 0 amide bonds. The van der Waals surface area contributed by atoms with Gasteiger partial charge in [-0.2, -0.15) is 0 Å². The molecule has 102 valence electrons. The molecular formula is C13H16N2O4. The molecule has 3 N–H and O–H groups in total. The molecule has 6 nitrogen and oxygen atoms in total. The number of aliphatic hydroxyl groups excluding tert-OH is 2. The van der Waals surface area contributed by atoms with Crippen LogP contribution < -0.4 is 0 Å². The first-order chi connectivity index (χ1) is 9.05. The van der Waals surface area contributed by atoms with Crippen LogP contribution in [0.5, 0.6) is 0 Å². The van der Waals surface area contributed by atoms with E-state index in [1.165, 1.54) is 6.92 Å². The van der Waals surface area contributed by atoms with Crippen LogP contribution in [0.25, 0.3) is 11.0 Å². The lowest BCUT2D eigenvalue weighted by molar-refractivity contribution is -0.0948. The third-order valence-corrected chi connectivity index (χ3v) is 3.67. The lowest BCUT2D eigenvalue weighted by Crippen LogP contribution is -2.44. The van der Waals surface area contributed by atoms with Crippen LogP contribution in [0.2, 0.25) is 0 Å². The molecule has 1 saturated heterocycles. The molecule has 4 atom stereocenters. The number of rotatable bonds is 2. The van der Waals surface area contributed by atoms with Crippen molar-refractivity contribution < 1.29 is 20.1 Å². The molecule has 0 radical (unpaired) electrons. The van der Waals surface area contributed by atoms with E-state index in [1.807, 2.05) is 24.3 Å². The Morgan fingerprint density at radius 1 is 1.42 bits per heavy atom. The number of hydrogen-bond acceptors (Lipinski definition) is 5. The number of para-hydroxylation sites is 2. The van der Waals surface area contributed by atoms with E-state index < -0.39 is 24.0 Å². The summed E-state index contributed by atoms with van der Waals surface area (Å²) in [6, 6.07) is 7.46. The number of imidazole rings is 1. The zero-order valence-corrected chi connectivity index (χ0v) is 10.5. The second kappa shape index (κ2) is 4.28. The molecule has 6 heteroatoms. The van der Waals surface area contributed by atoms with Crippen molar-refractivity contribution in [2.24, 2.45) is 0 Å². The molecule has 0 saturated carbocycles. The van der Waals surface area contributed by atoms with Gasteiger partial charge in [-0.05, 0) is 19.1 Å². The van der Waals surface area contributed by atoms with Crippen molar-refractivity contribution in [3.05, 3.63) is 30.6 Å². The van der Waals surface area contributed by atoms with E-state index in [0.29, 0.717) is 0 Å². The van der Waals surface area contributed by atoms with Gasteiger partial charge in [0.05, 0.1) is 24.0 Å². The molecule has 1 aliphatic rings. The van der Waals surface area contributed by atoms with Gasteiger partial charge in [0.2, 0.25) is 0 Å². The quantitative estimate of drug-likeness (QED) is 0.712. The largest absolute Gasteiger partial charge is 0.394 e. The predicted molar refractivity (Wildman–Crippen MR) is 67.4 cm³/mol. The normalized spacial score (nSPS) is 35.1. The van der Waals surface area contributed by atoms with Gasteiger partial charge in [-0.15, -0.1) is 0 Å². The Bertz CT molecular complexity index is 595. The van der Waals surface area contributed by atoms with E-state index in [0.717, 1.165) is 11.0 Å². The topological polar surface area (TPSA) is 87.7 Å². The zero-order valence-electron chi connectivity index (χ0n) is 10.5. The van der Waals surface area contributed by atoms with Crippen LogP contribution in [0.4, 0.5) is 0 Å². The van der Waals surface area contributed by atoms with Crippen LogP contribution in [-0.2, 0) is 4.74 Å². The molecule has 1 aromatic heterocycles. The van der Waals surface area contributed by atoms with Crippen molar-refractivity contribution in [2.45, 2.75) is 31.0 Å². The molecule has 0 spiro atoms. The van der Waals surface area contributed by atoms with E-state index in [4.69, 9.17) is 4.74 Å². The zero-order chi connectivity index (χ0) is 13.6. The fourth-order valence-corrected chi connectivity index (χ4v) is 2.56. The van der Waals surface area contributed by atoms with E-state index in [-0.39, 0.29) is 6.61 Å². The first-order valence-corrected chi connectivity index (χ1v) is 6.14. The van der Waals surface area contributed by atoms with Gasteiger partial charge < -0.3 is 24.6 Å². The number of aliphatic hydroxyl groups is 3. The molecule has 2 heterocycles. The second-order valence-electron chi connectivity index (χ2n) is 5.02. The highest BCUT2D eigenvalue weighted by Crippen LogP contribution is 2.39. The van der Waals surface area contributed by atoms with E-state index >= 15 is 0 Å². The molecule has 19 heavy (non-hydrogen) atoms. The van der Waals surface area contributed by atoms with Crippen molar-refractivity contribution in [1.82, 2.24) is 9.55 Å². The van der Waals surface area contributed by atoms with Crippen LogP contribution >= 0.6 is 0 Å². The summed E-state index contributed by atoms with van der Waals surface area (Å²) in [6.07, 6.45) is -1.17.